The summed E-state index contributed by atoms with van der Waals surface area (Å²) in [6.45, 7) is 0.0322. The summed E-state index contributed by atoms with van der Waals surface area (Å²) >= 11 is 0. The van der Waals surface area contributed by atoms with Crippen LogP contribution in [0.3, 0.4) is 0 Å². The summed E-state index contributed by atoms with van der Waals surface area (Å²) < 4.78 is 11.4. The fraction of sp³-hybridized carbons (Fsp3) is 0.308. The summed E-state index contributed by atoms with van der Waals surface area (Å²) in [5, 5.41) is 11.5. The van der Waals surface area contributed by atoms with Crippen LogP contribution in [0, 0.1) is 0 Å². The van der Waals surface area contributed by atoms with Crippen molar-refractivity contribution in [2.24, 2.45) is 0 Å². The minimum absolute atomic E-state index is 0.0322. The van der Waals surface area contributed by atoms with Gasteiger partial charge in [-0.15, -0.1) is 0 Å². The lowest BCUT2D eigenvalue weighted by atomic mass is 9.93. The highest BCUT2D eigenvalue weighted by Crippen LogP contribution is 2.34. The predicted molar refractivity (Wildman–Crippen MR) is 126 cm³/mol. The highest BCUT2D eigenvalue weighted by molar-refractivity contribution is 6.31. The third-order valence-electron chi connectivity index (χ3n) is 6.16. The van der Waals surface area contributed by atoms with Crippen LogP contribution < -0.4 is 14.8 Å². The van der Waals surface area contributed by atoms with Gasteiger partial charge in [0.15, 0.2) is 11.5 Å². The van der Waals surface area contributed by atoms with Crippen LogP contribution in [0.15, 0.2) is 48.0 Å². The molecule has 2 aromatic rings. The first-order chi connectivity index (χ1) is 16.9. The molecule has 0 aromatic heterocycles. The number of nitrogens with zero attached hydrogens (tertiary/aromatic N) is 1. The second-order valence-corrected chi connectivity index (χ2v) is 8.46. The molecule has 1 aliphatic carbocycles. The van der Waals surface area contributed by atoms with Gasteiger partial charge in [-0.05, 0) is 42.7 Å². The number of amides is 4. The number of hydrogen-bond donors (Lipinski definition) is 2. The van der Waals surface area contributed by atoms with Gasteiger partial charge in [-0.25, -0.2) is 9.59 Å². The van der Waals surface area contributed by atoms with Crippen molar-refractivity contribution < 1.29 is 33.8 Å². The number of carboxylic acid groups (broad SMARTS) is 1. The van der Waals surface area contributed by atoms with Crippen LogP contribution in [0.2, 0.25) is 0 Å². The van der Waals surface area contributed by atoms with Crippen LogP contribution in [0.1, 0.15) is 53.6 Å². The molecule has 35 heavy (non-hydrogen) atoms. The van der Waals surface area contributed by atoms with Crippen LogP contribution in [0.5, 0.6) is 11.5 Å². The second kappa shape index (κ2) is 10.4. The molecule has 2 N–H and O–H groups in total. The van der Waals surface area contributed by atoms with Gasteiger partial charge in [-0.3, -0.25) is 19.8 Å². The van der Waals surface area contributed by atoms with Crippen LogP contribution in [-0.4, -0.2) is 47.0 Å². The lowest BCUT2D eigenvalue weighted by molar-refractivity contribution is -0.132. The van der Waals surface area contributed by atoms with Crippen LogP contribution in [-0.2, 0) is 16.2 Å². The van der Waals surface area contributed by atoms with E-state index in [1.54, 1.807) is 30.3 Å². The monoisotopic (exact) mass is 478 g/mol. The van der Waals surface area contributed by atoms with Crippen LogP contribution in [0.25, 0.3) is 6.08 Å². The molecule has 2 aliphatic rings. The van der Waals surface area contributed by atoms with Gasteiger partial charge in [-0.2, -0.15) is 0 Å². The molecule has 1 saturated heterocycles. The molecule has 2 aromatic carbocycles. The summed E-state index contributed by atoms with van der Waals surface area (Å²) in [5.74, 6) is -1.79. The SMILES string of the molecule is COc1cccc(C=C2C(=O)NC(=O)N(C3CCCCC3)C2=O)c1OCc1cccc(C(=O)O)c1. The van der Waals surface area contributed by atoms with Crippen molar-refractivity contribution in [3.05, 3.63) is 64.7 Å². The maximum atomic E-state index is 13.2. The van der Waals surface area contributed by atoms with Crippen molar-refractivity contribution in [3.63, 3.8) is 0 Å². The number of carbonyl (C=O) groups excluding carboxylic acids is 3. The number of carbonyl (C=O) groups is 4. The summed E-state index contributed by atoms with van der Waals surface area (Å²) in [6.07, 6.45) is 5.72. The molecule has 9 heteroatoms. The van der Waals surface area contributed by atoms with E-state index in [9.17, 15) is 24.3 Å². The van der Waals surface area contributed by atoms with E-state index in [0.29, 0.717) is 29.7 Å². The first-order valence-electron chi connectivity index (χ1n) is 11.4. The largest absolute Gasteiger partial charge is 0.493 e. The molecule has 4 amide bonds. The van der Waals surface area contributed by atoms with Crippen LogP contribution >= 0.6 is 0 Å². The molecule has 0 radical (unpaired) electrons. The van der Waals surface area contributed by atoms with E-state index in [1.807, 2.05) is 0 Å². The van der Waals surface area contributed by atoms with Crippen molar-refractivity contribution >= 4 is 29.9 Å². The van der Waals surface area contributed by atoms with E-state index in [4.69, 9.17) is 9.47 Å². The van der Waals surface area contributed by atoms with Gasteiger partial charge in [0.1, 0.15) is 12.2 Å². The van der Waals surface area contributed by atoms with Crippen molar-refractivity contribution in [2.45, 2.75) is 44.8 Å². The molecule has 1 heterocycles. The van der Waals surface area contributed by atoms with Crippen molar-refractivity contribution in [3.8, 4) is 11.5 Å². The number of ether oxygens (including phenoxy) is 2. The normalized spacial score (nSPS) is 17.9. The summed E-state index contributed by atoms with van der Waals surface area (Å²) in [4.78, 5) is 50.8. The highest BCUT2D eigenvalue weighted by Gasteiger charge is 2.40. The minimum atomic E-state index is -1.05. The molecule has 0 unspecified atom stereocenters. The Balaban J connectivity index is 1.65. The molecular formula is C26H26N2O7. The number of aromatic carboxylic acids is 1. The zero-order valence-corrected chi connectivity index (χ0v) is 19.3. The number of rotatable bonds is 7. The number of para-hydroxylation sites is 1. The van der Waals surface area contributed by atoms with E-state index >= 15 is 0 Å². The van der Waals surface area contributed by atoms with E-state index in [-0.39, 0.29) is 29.5 Å². The second-order valence-electron chi connectivity index (χ2n) is 8.46. The maximum Gasteiger partial charge on any atom is 0.335 e. The molecule has 0 bridgehead atoms. The van der Waals surface area contributed by atoms with Gasteiger partial charge >= 0.3 is 12.0 Å². The Bertz CT molecular complexity index is 1200. The molecule has 9 nitrogen and oxygen atoms in total. The van der Waals surface area contributed by atoms with Gasteiger partial charge < -0.3 is 14.6 Å². The third-order valence-corrected chi connectivity index (χ3v) is 6.16. The Morgan fingerprint density at radius 1 is 1.11 bits per heavy atom. The number of carboxylic acids is 1. The Hall–Kier alpha value is -4.14. The first-order valence-corrected chi connectivity index (χ1v) is 11.4. The molecule has 0 atom stereocenters. The summed E-state index contributed by atoms with van der Waals surface area (Å²) in [7, 11) is 1.46. The standard InChI is InChI=1S/C26H26N2O7/c1-34-21-12-6-8-17(22(21)35-15-16-7-5-9-18(13-16)25(31)32)14-20-23(29)27-26(33)28(24(20)30)19-10-3-2-4-11-19/h5-9,12-14,19H,2-4,10-11,15H2,1H3,(H,31,32)(H,27,29,33). The summed E-state index contributed by atoms with van der Waals surface area (Å²) in [6, 6.07) is 10.4. The number of imide groups is 2. The fourth-order valence-electron chi connectivity index (χ4n) is 4.41. The number of barbiturate groups is 1. The van der Waals surface area contributed by atoms with Crippen molar-refractivity contribution in [1.82, 2.24) is 10.2 Å². The number of hydrogen-bond acceptors (Lipinski definition) is 6. The molecule has 182 valence electrons. The lowest BCUT2D eigenvalue weighted by Gasteiger charge is -2.35. The average molecular weight is 479 g/mol. The van der Waals surface area contributed by atoms with E-state index in [2.05, 4.69) is 5.32 Å². The molecule has 4 rings (SSSR count). The quantitative estimate of drug-likeness (QED) is 0.459. The van der Waals surface area contributed by atoms with Gasteiger partial charge in [0.25, 0.3) is 11.8 Å². The minimum Gasteiger partial charge on any atom is -0.493 e. The van der Waals surface area contributed by atoms with Crippen molar-refractivity contribution in [2.75, 3.05) is 7.11 Å². The Morgan fingerprint density at radius 2 is 1.86 bits per heavy atom. The lowest BCUT2D eigenvalue weighted by Crippen LogP contribution is -2.58. The van der Waals surface area contributed by atoms with Gasteiger partial charge in [0, 0.05) is 11.6 Å². The van der Waals surface area contributed by atoms with Crippen molar-refractivity contribution in [1.29, 1.82) is 0 Å². The van der Waals surface area contributed by atoms with E-state index in [1.165, 1.54) is 25.3 Å². The number of methoxy groups -OCH3 is 1. The average Bonchev–Trinajstić information content (AvgIpc) is 2.86. The predicted octanol–water partition coefficient (Wildman–Crippen LogP) is 3.77. The zero-order chi connectivity index (χ0) is 24.9. The smallest absolute Gasteiger partial charge is 0.335 e. The maximum absolute atomic E-state index is 13.2. The molecule has 0 spiro atoms. The van der Waals surface area contributed by atoms with Gasteiger partial charge in [0.05, 0.1) is 12.7 Å². The Labute approximate surface area is 202 Å². The number of urea groups is 1. The number of nitrogens with one attached hydrogen (secondary N) is 1. The Morgan fingerprint density at radius 3 is 2.57 bits per heavy atom. The molecule has 2 fully saturated rings. The zero-order valence-electron chi connectivity index (χ0n) is 19.3. The fourth-order valence-corrected chi connectivity index (χ4v) is 4.41. The van der Waals surface area contributed by atoms with Gasteiger partial charge in [0.2, 0.25) is 0 Å². The molecular weight excluding hydrogens is 452 g/mol. The van der Waals surface area contributed by atoms with E-state index in [0.717, 1.165) is 24.2 Å². The topological polar surface area (TPSA) is 122 Å². The first kappa shape index (κ1) is 24.0. The van der Waals surface area contributed by atoms with E-state index < -0.39 is 23.8 Å². The number of benzene rings is 2. The summed E-state index contributed by atoms with van der Waals surface area (Å²) in [5.41, 5.74) is 0.997. The molecule has 1 aliphatic heterocycles. The molecule has 1 saturated carbocycles. The van der Waals surface area contributed by atoms with Gasteiger partial charge in [-0.1, -0.05) is 43.5 Å². The third kappa shape index (κ3) is 5.18. The highest BCUT2D eigenvalue weighted by atomic mass is 16.5. The Kier molecular flexibility index (Phi) is 7.14. The van der Waals surface area contributed by atoms with Crippen LogP contribution in [0.4, 0.5) is 4.79 Å².